The van der Waals surface area contributed by atoms with Crippen LogP contribution in [0.1, 0.15) is 35.6 Å². The molecule has 23 heavy (non-hydrogen) atoms. The molecule has 0 radical (unpaired) electrons. The van der Waals surface area contributed by atoms with E-state index in [1.165, 1.54) is 35.3 Å². The number of rotatable bonds is 3. The van der Waals surface area contributed by atoms with E-state index in [2.05, 4.69) is 57.9 Å². The van der Waals surface area contributed by atoms with E-state index in [0.717, 1.165) is 32.0 Å². The van der Waals surface area contributed by atoms with Crippen LogP contribution in [0.15, 0.2) is 30.6 Å². The van der Waals surface area contributed by atoms with Crippen molar-refractivity contribution in [1.82, 2.24) is 9.97 Å². The topological polar surface area (TPSA) is 32.3 Å². The number of nitrogens with zero attached hydrogens (tertiary/aromatic N) is 4. The monoisotopic (exact) mass is 308 g/mol. The summed E-state index contributed by atoms with van der Waals surface area (Å²) in [5, 5.41) is 0. The summed E-state index contributed by atoms with van der Waals surface area (Å²) in [4.78, 5) is 13.8. The zero-order valence-electron chi connectivity index (χ0n) is 14.0. The van der Waals surface area contributed by atoms with E-state index in [4.69, 9.17) is 0 Å². The third-order valence-corrected chi connectivity index (χ3v) is 5.19. The minimum Gasteiger partial charge on any atom is -0.368 e. The highest BCUT2D eigenvalue weighted by Gasteiger charge is 2.26. The molecule has 1 aliphatic carbocycles. The lowest BCUT2D eigenvalue weighted by Gasteiger charge is -2.37. The number of hydrogen-bond donors (Lipinski definition) is 0. The third kappa shape index (κ3) is 2.90. The van der Waals surface area contributed by atoms with Crippen molar-refractivity contribution >= 4 is 11.5 Å². The first-order valence-corrected chi connectivity index (χ1v) is 8.60. The molecule has 0 bridgehead atoms. The minimum atomic E-state index is 0.688. The van der Waals surface area contributed by atoms with Crippen molar-refractivity contribution < 1.29 is 0 Å². The largest absolute Gasteiger partial charge is 0.368 e. The smallest absolute Gasteiger partial charge is 0.132 e. The van der Waals surface area contributed by atoms with Gasteiger partial charge in [-0.3, -0.25) is 0 Å². The van der Waals surface area contributed by atoms with Crippen LogP contribution in [0.3, 0.4) is 0 Å². The molecule has 2 aromatic rings. The molecule has 0 spiro atoms. The van der Waals surface area contributed by atoms with Crippen LogP contribution in [0.4, 0.5) is 11.5 Å². The molecule has 4 rings (SSSR count). The predicted octanol–water partition coefficient (Wildman–Crippen LogP) is 3.30. The Labute approximate surface area is 138 Å². The fraction of sp³-hybridized carbons (Fsp3) is 0.474. The van der Waals surface area contributed by atoms with Crippen molar-refractivity contribution in [3.05, 3.63) is 47.4 Å². The summed E-state index contributed by atoms with van der Waals surface area (Å²) in [7, 11) is 0. The Bertz CT molecular complexity index is 700. The zero-order valence-corrected chi connectivity index (χ0v) is 14.0. The normalized spacial score (nSPS) is 18.3. The Balaban J connectivity index is 1.46. The predicted molar refractivity (Wildman–Crippen MR) is 94.3 cm³/mol. The van der Waals surface area contributed by atoms with Crippen LogP contribution in [0, 0.1) is 13.8 Å². The number of benzene rings is 1. The van der Waals surface area contributed by atoms with Gasteiger partial charge in [-0.05, 0) is 43.9 Å². The second-order valence-electron chi connectivity index (χ2n) is 6.77. The molecule has 1 aromatic carbocycles. The maximum atomic E-state index is 4.50. The lowest BCUT2D eigenvalue weighted by Crippen LogP contribution is -2.47. The van der Waals surface area contributed by atoms with Crippen molar-refractivity contribution in [2.45, 2.75) is 32.6 Å². The van der Waals surface area contributed by atoms with Crippen LogP contribution in [-0.2, 0) is 0 Å². The van der Waals surface area contributed by atoms with Crippen molar-refractivity contribution in [2.75, 3.05) is 36.0 Å². The number of anilines is 2. The van der Waals surface area contributed by atoms with Crippen LogP contribution in [0.2, 0.25) is 0 Å². The van der Waals surface area contributed by atoms with E-state index >= 15 is 0 Å². The first-order valence-electron chi connectivity index (χ1n) is 8.60. The number of hydrogen-bond acceptors (Lipinski definition) is 4. The van der Waals surface area contributed by atoms with Crippen molar-refractivity contribution in [3.8, 4) is 0 Å². The molecular weight excluding hydrogens is 284 g/mol. The van der Waals surface area contributed by atoms with Crippen molar-refractivity contribution in [1.29, 1.82) is 0 Å². The third-order valence-electron chi connectivity index (χ3n) is 5.19. The molecule has 0 N–H and O–H groups in total. The molecule has 120 valence electrons. The number of piperazine rings is 1. The molecule has 4 heteroatoms. The number of aromatic nitrogens is 2. The summed E-state index contributed by atoms with van der Waals surface area (Å²) >= 11 is 0. The molecule has 1 saturated heterocycles. The van der Waals surface area contributed by atoms with Crippen LogP contribution < -0.4 is 9.80 Å². The molecule has 1 aliphatic heterocycles. The molecule has 1 aromatic heterocycles. The van der Waals surface area contributed by atoms with Gasteiger partial charge in [0.15, 0.2) is 0 Å². The lowest BCUT2D eigenvalue weighted by molar-refractivity contribution is 0.644. The highest BCUT2D eigenvalue weighted by molar-refractivity contribution is 5.57. The Morgan fingerprint density at radius 2 is 1.70 bits per heavy atom. The average molecular weight is 308 g/mol. The minimum absolute atomic E-state index is 0.688. The van der Waals surface area contributed by atoms with E-state index in [1.54, 1.807) is 6.33 Å². The van der Waals surface area contributed by atoms with Gasteiger partial charge in [0.25, 0.3) is 0 Å². The quantitative estimate of drug-likeness (QED) is 0.871. The summed E-state index contributed by atoms with van der Waals surface area (Å²) in [6, 6.07) is 8.80. The van der Waals surface area contributed by atoms with Gasteiger partial charge >= 0.3 is 0 Å². The Kier molecular flexibility index (Phi) is 3.68. The summed E-state index contributed by atoms with van der Waals surface area (Å²) in [6.07, 6.45) is 4.31. The van der Waals surface area contributed by atoms with E-state index in [-0.39, 0.29) is 0 Å². The first-order chi connectivity index (χ1) is 11.2. The van der Waals surface area contributed by atoms with Crippen LogP contribution >= 0.6 is 0 Å². The van der Waals surface area contributed by atoms with Gasteiger partial charge < -0.3 is 9.80 Å². The van der Waals surface area contributed by atoms with Crippen molar-refractivity contribution in [2.24, 2.45) is 0 Å². The van der Waals surface area contributed by atoms with E-state index < -0.39 is 0 Å². The molecule has 2 aliphatic rings. The average Bonchev–Trinajstić information content (AvgIpc) is 3.43. The Morgan fingerprint density at radius 3 is 2.43 bits per heavy atom. The molecule has 4 nitrogen and oxygen atoms in total. The van der Waals surface area contributed by atoms with E-state index in [9.17, 15) is 0 Å². The molecule has 0 atom stereocenters. The molecular formula is C19H24N4. The maximum Gasteiger partial charge on any atom is 0.132 e. The highest BCUT2D eigenvalue weighted by atomic mass is 15.3. The summed E-state index contributed by atoms with van der Waals surface area (Å²) in [5.41, 5.74) is 5.38. The molecule has 0 unspecified atom stereocenters. The molecule has 1 saturated carbocycles. The second-order valence-corrected chi connectivity index (χ2v) is 6.77. The van der Waals surface area contributed by atoms with Gasteiger partial charge in [-0.2, -0.15) is 0 Å². The van der Waals surface area contributed by atoms with Gasteiger partial charge in [0.1, 0.15) is 12.1 Å². The van der Waals surface area contributed by atoms with Gasteiger partial charge in [-0.1, -0.05) is 12.1 Å². The van der Waals surface area contributed by atoms with Gasteiger partial charge in [0.05, 0.1) is 0 Å². The Hall–Kier alpha value is -2.10. The fourth-order valence-electron chi connectivity index (χ4n) is 3.39. The molecule has 2 fully saturated rings. The van der Waals surface area contributed by atoms with Crippen LogP contribution in [0.25, 0.3) is 0 Å². The summed E-state index contributed by atoms with van der Waals surface area (Å²) in [6.45, 7) is 8.56. The standard InChI is InChI=1S/C19H24N4/c1-14-4-3-5-18(15(14)2)22-8-10-23(11-9-22)19-12-17(16-6-7-16)20-13-21-19/h3-5,12-13,16H,6-11H2,1-2H3. The van der Waals surface area contributed by atoms with E-state index in [1.807, 2.05) is 0 Å². The molecule has 0 amide bonds. The lowest BCUT2D eigenvalue weighted by atomic mass is 10.1. The summed E-state index contributed by atoms with van der Waals surface area (Å²) < 4.78 is 0. The van der Waals surface area contributed by atoms with Crippen LogP contribution in [-0.4, -0.2) is 36.1 Å². The maximum absolute atomic E-state index is 4.50. The summed E-state index contributed by atoms with van der Waals surface area (Å²) in [5.74, 6) is 1.79. The van der Waals surface area contributed by atoms with Gasteiger partial charge in [0, 0.05) is 49.5 Å². The zero-order chi connectivity index (χ0) is 15.8. The Morgan fingerprint density at radius 1 is 0.957 bits per heavy atom. The van der Waals surface area contributed by atoms with Gasteiger partial charge in [-0.15, -0.1) is 0 Å². The van der Waals surface area contributed by atoms with Gasteiger partial charge in [-0.25, -0.2) is 9.97 Å². The molecule has 2 heterocycles. The second kappa shape index (κ2) is 5.84. The number of aryl methyl sites for hydroxylation is 1. The SMILES string of the molecule is Cc1cccc(N2CCN(c3cc(C4CC4)ncn3)CC2)c1C. The van der Waals surface area contributed by atoms with Crippen LogP contribution in [0.5, 0.6) is 0 Å². The van der Waals surface area contributed by atoms with Gasteiger partial charge in [0.2, 0.25) is 0 Å². The highest BCUT2D eigenvalue weighted by Crippen LogP contribution is 2.39. The fourth-order valence-corrected chi connectivity index (χ4v) is 3.39. The van der Waals surface area contributed by atoms with E-state index in [0.29, 0.717) is 5.92 Å². The first kappa shape index (κ1) is 14.5. The van der Waals surface area contributed by atoms with Crippen molar-refractivity contribution in [3.63, 3.8) is 0 Å².